The zero-order valence-electron chi connectivity index (χ0n) is 18.9. The van der Waals surface area contributed by atoms with E-state index < -0.39 is 34.7 Å². The Morgan fingerprint density at radius 1 is 0.857 bits per heavy atom. The molecule has 2 bridgehead atoms. The van der Waals surface area contributed by atoms with Gasteiger partial charge in [0.25, 0.3) is 5.91 Å². The molecule has 2 amide bonds. The summed E-state index contributed by atoms with van der Waals surface area (Å²) in [7, 11) is 1.27. The minimum Gasteiger partial charge on any atom is -0.464 e. The van der Waals surface area contributed by atoms with Crippen LogP contribution in [0.2, 0.25) is 0 Å². The molecule has 0 aromatic heterocycles. The van der Waals surface area contributed by atoms with Gasteiger partial charge < -0.3 is 4.74 Å². The molecular formula is C28H21N3O4. The summed E-state index contributed by atoms with van der Waals surface area (Å²) in [6, 6.07) is 25.2. The molecule has 172 valence electrons. The molecule has 2 heterocycles. The second-order valence-electron chi connectivity index (χ2n) is 9.49. The zero-order valence-corrected chi connectivity index (χ0v) is 18.9. The number of rotatable bonds is 3. The molecule has 0 saturated carbocycles. The predicted molar refractivity (Wildman–Crippen MR) is 126 cm³/mol. The van der Waals surface area contributed by atoms with Crippen molar-refractivity contribution in [3.05, 3.63) is 107 Å². The third kappa shape index (κ3) is 2.09. The van der Waals surface area contributed by atoms with Gasteiger partial charge in [-0.05, 0) is 27.8 Å². The highest BCUT2D eigenvalue weighted by Crippen LogP contribution is 2.70. The van der Waals surface area contributed by atoms with Crippen molar-refractivity contribution < 1.29 is 19.1 Å². The third-order valence-corrected chi connectivity index (χ3v) is 8.17. The van der Waals surface area contributed by atoms with E-state index in [0.29, 0.717) is 0 Å². The molecule has 1 fully saturated rings. The van der Waals surface area contributed by atoms with Crippen LogP contribution in [0.1, 0.15) is 39.7 Å². The van der Waals surface area contributed by atoms with Gasteiger partial charge in [0.2, 0.25) is 5.91 Å². The highest BCUT2D eigenvalue weighted by atomic mass is 16.5. The highest BCUT2D eigenvalue weighted by Gasteiger charge is 2.84. The average Bonchev–Trinajstić information content (AvgIpc) is 3.37. The van der Waals surface area contributed by atoms with Gasteiger partial charge in [0.15, 0.2) is 11.3 Å². The SMILES string of the molecule is COC(=O)C1=NN[C@@]23C(=O)N(Cc4ccccc4)C(=O)[C@]12C1c2ccccc2C3c2ccccc21. The maximum Gasteiger partial charge on any atom is 0.355 e. The molecule has 3 aliphatic carbocycles. The van der Waals surface area contributed by atoms with Crippen molar-refractivity contribution in [3.8, 4) is 0 Å². The maximum absolute atomic E-state index is 14.6. The molecule has 7 nitrogen and oxygen atoms in total. The first-order chi connectivity index (χ1) is 17.1. The monoisotopic (exact) mass is 463 g/mol. The Kier molecular flexibility index (Phi) is 3.83. The lowest BCUT2D eigenvalue weighted by atomic mass is 9.43. The van der Waals surface area contributed by atoms with E-state index in [4.69, 9.17) is 4.74 Å². The van der Waals surface area contributed by atoms with Crippen LogP contribution in [0.25, 0.3) is 0 Å². The van der Waals surface area contributed by atoms with Crippen molar-refractivity contribution in [2.45, 2.75) is 23.9 Å². The van der Waals surface area contributed by atoms with E-state index in [1.165, 1.54) is 12.0 Å². The van der Waals surface area contributed by atoms with Gasteiger partial charge in [-0.25, -0.2) is 4.79 Å². The average molecular weight is 463 g/mol. The van der Waals surface area contributed by atoms with Gasteiger partial charge in [-0.2, -0.15) is 5.10 Å². The minimum absolute atomic E-state index is 0.0343. The highest BCUT2D eigenvalue weighted by molar-refractivity contribution is 6.47. The van der Waals surface area contributed by atoms with Crippen LogP contribution < -0.4 is 5.43 Å². The number of ether oxygens (including phenoxy) is 1. The Balaban J connectivity index is 1.55. The van der Waals surface area contributed by atoms with E-state index in [-0.39, 0.29) is 18.2 Å². The van der Waals surface area contributed by atoms with Gasteiger partial charge in [0, 0.05) is 11.8 Å². The summed E-state index contributed by atoms with van der Waals surface area (Å²) in [5.74, 6) is -2.55. The molecule has 0 radical (unpaired) electrons. The predicted octanol–water partition coefficient (Wildman–Crippen LogP) is 2.70. The summed E-state index contributed by atoms with van der Waals surface area (Å²) < 4.78 is 5.11. The molecular weight excluding hydrogens is 442 g/mol. The fraction of sp³-hybridized carbons (Fsp3) is 0.214. The van der Waals surface area contributed by atoms with Crippen molar-refractivity contribution >= 4 is 23.5 Å². The van der Waals surface area contributed by atoms with Crippen LogP contribution in [0.15, 0.2) is 84.0 Å². The van der Waals surface area contributed by atoms with Gasteiger partial charge in [-0.3, -0.25) is 19.9 Å². The molecule has 3 aromatic rings. The van der Waals surface area contributed by atoms with E-state index in [9.17, 15) is 14.4 Å². The van der Waals surface area contributed by atoms with E-state index in [1.54, 1.807) is 0 Å². The Hall–Kier alpha value is -4.26. The molecule has 35 heavy (non-hydrogen) atoms. The minimum atomic E-state index is -1.54. The normalized spacial score (nSPS) is 29.1. The van der Waals surface area contributed by atoms with Crippen LogP contribution in [0, 0.1) is 5.41 Å². The lowest BCUT2D eigenvalue weighted by Gasteiger charge is -2.55. The second kappa shape index (κ2) is 6.66. The Morgan fingerprint density at radius 3 is 1.97 bits per heavy atom. The number of nitrogens with zero attached hydrogens (tertiary/aromatic N) is 2. The molecule has 1 N–H and O–H groups in total. The van der Waals surface area contributed by atoms with Crippen LogP contribution in [-0.2, 0) is 25.7 Å². The molecule has 8 rings (SSSR count). The van der Waals surface area contributed by atoms with Gasteiger partial charge in [-0.15, -0.1) is 0 Å². The molecule has 7 heteroatoms. The molecule has 1 saturated heterocycles. The fourth-order valence-corrected chi connectivity index (χ4v) is 6.97. The molecule has 0 spiro atoms. The number of hydrazone groups is 1. The Morgan fingerprint density at radius 2 is 1.40 bits per heavy atom. The van der Waals surface area contributed by atoms with Crippen LogP contribution in [0.3, 0.4) is 0 Å². The molecule has 3 aromatic carbocycles. The first kappa shape index (κ1) is 20.1. The first-order valence-corrected chi connectivity index (χ1v) is 11.6. The number of hydrogen-bond donors (Lipinski definition) is 1. The largest absolute Gasteiger partial charge is 0.464 e. The second-order valence-corrected chi connectivity index (χ2v) is 9.49. The quantitative estimate of drug-likeness (QED) is 0.477. The Bertz CT molecular complexity index is 1430. The number of hydrogen-bond acceptors (Lipinski definition) is 6. The molecule has 0 unspecified atom stereocenters. The lowest BCUT2D eigenvalue weighted by Crippen LogP contribution is -2.69. The van der Waals surface area contributed by atoms with Gasteiger partial charge in [-0.1, -0.05) is 78.9 Å². The zero-order chi connectivity index (χ0) is 23.9. The first-order valence-electron chi connectivity index (χ1n) is 11.6. The summed E-state index contributed by atoms with van der Waals surface area (Å²) in [6.07, 6.45) is 0. The van der Waals surface area contributed by atoms with E-state index in [1.807, 2.05) is 78.9 Å². The molecule has 5 aliphatic rings. The standard InChI is InChI=1S/C28H21N3O4/c1-35-24(32)23-27-21-17-11-5-7-13-19(17)22(20-14-8-6-12-18(20)21)28(27,30-29-23)26(34)31(25(27)33)15-16-9-3-2-4-10-16/h2-14,21-22,30H,15H2,1H3/t21?,22?,27-,28-/m0/s1. The van der Waals surface area contributed by atoms with Crippen molar-refractivity contribution in [2.75, 3.05) is 7.11 Å². The molecule has 2 atom stereocenters. The number of esters is 1. The topological polar surface area (TPSA) is 88.1 Å². The van der Waals surface area contributed by atoms with Gasteiger partial charge in [0.1, 0.15) is 5.41 Å². The summed E-state index contributed by atoms with van der Waals surface area (Å²) >= 11 is 0. The van der Waals surface area contributed by atoms with Crippen LogP contribution in [0.4, 0.5) is 0 Å². The lowest BCUT2D eigenvalue weighted by molar-refractivity contribution is -0.142. The fourth-order valence-electron chi connectivity index (χ4n) is 6.97. The number of methoxy groups -OCH3 is 1. The van der Waals surface area contributed by atoms with Crippen LogP contribution >= 0.6 is 0 Å². The summed E-state index contributed by atoms with van der Waals surface area (Å²) in [5, 5.41) is 4.39. The number of imide groups is 1. The van der Waals surface area contributed by atoms with Gasteiger partial charge in [0.05, 0.1) is 13.7 Å². The van der Waals surface area contributed by atoms with Crippen molar-refractivity contribution in [3.63, 3.8) is 0 Å². The third-order valence-electron chi connectivity index (χ3n) is 8.17. The number of likely N-dealkylation sites (tertiary alicyclic amines) is 1. The number of carbonyl (C=O) groups is 3. The number of amides is 2. The van der Waals surface area contributed by atoms with Crippen LogP contribution in [-0.4, -0.2) is 41.0 Å². The smallest absolute Gasteiger partial charge is 0.355 e. The van der Waals surface area contributed by atoms with Crippen molar-refractivity contribution in [1.82, 2.24) is 10.3 Å². The number of nitrogens with one attached hydrogen (secondary N) is 1. The molecule has 2 aliphatic heterocycles. The number of benzene rings is 3. The van der Waals surface area contributed by atoms with Crippen LogP contribution in [0.5, 0.6) is 0 Å². The summed E-state index contributed by atoms with van der Waals surface area (Å²) in [4.78, 5) is 43.5. The maximum atomic E-state index is 14.6. The van der Waals surface area contributed by atoms with E-state index >= 15 is 0 Å². The summed E-state index contributed by atoms with van der Waals surface area (Å²) in [5.41, 5.74) is 4.71. The number of carbonyl (C=O) groups excluding carboxylic acids is 3. The van der Waals surface area contributed by atoms with E-state index in [0.717, 1.165) is 27.8 Å². The van der Waals surface area contributed by atoms with E-state index in [2.05, 4.69) is 10.5 Å². The summed E-state index contributed by atoms with van der Waals surface area (Å²) in [6.45, 7) is 0.115. The van der Waals surface area contributed by atoms with Crippen molar-refractivity contribution in [1.29, 1.82) is 0 Å². The van der Waals surface area contributed by atoms with Crippen molar-refractivity contribution in [2.24, 2.45) is 10.5 Å². The Labute approximate surface area is 201 Å². The van der Waals surface area contributed by atoms with Gasteiger partial charge >= 0.3 is 5.97 Å².